The minimum Gasteiger partial charge on any atom is -0.382 e. The third kappa shape index (κ3) is 5.22. The molecule has 0 aliphatic heterocycles. The molecule has 0 unspecified atom stereocenters. The largest absolute Gasteiger partial charge is 0.382 e. The first-order chi connectivity index (χ1) is 10.8. The molecule has 2 rings (SSSR count). The summed E-state index contributed by atoms with van der Waals surface area (Å²) in [7, 11) is -4.26. The molecule has 0 fully saturated rings. The van der Waals surface area contributed by atoms with Gasteiger partial charge in [0.1, 0.15) is 18.2 Å². The Balaban J connectivity index is 2.14. The molecule has 0 aromatic carbocycles. The van der Waals surface area contributed by atoms with Crippen LogP contribution >= 0.6 is 7.60 Å². The maximum Gasteiger partial charge on any atom is 0.350 e. The number of ether oxygens (including phenoxy) is 2. The fraction of sp³-hybridized carbons (Fsp3) is 0.583. The van der Waals surface area contributed by atoms with Crippen LogP contribution in [0.4, 0.5) is 5.82 Å². The molecule has 0 saturated carbocycles. The molecule has 0 radical (unpaired) electrons. The van der Waals surface area contributed by atoms with E-state index >= 15 is 0 Å². The van der Waals surface area contributed by atoms with Crippen LogP contribution < -0.4 is 5.73 Å². The van der Waals surface area contributed by atoms with E-state index in [1.165, 1.54) is 12.7 Å². The van der Waals surface area contributed by atoms with Crippen molar-refractivity contribution in [2.45, 2.75) is 32.6 Å². The Kier molecular flexibility index (Phi) is 5.66. The predicted octanol–water partition coefficient (Wildman–Crippen LogP) is 0.354. The van der Waals surface area contributed by atoms with Gasteiger partial charge in [-0.25, -0.2) is 15.0 Å². The smallest absolute Gasteiger partial charge is 0.350 e. The summed E-state index contributed by atoms with van der Waals surface area (Å²) in [5.41, 5.74) is 6.71. The fourth-order valence-electron chi connectivity index (χ4n) is 1.91. The van der Waals surface area contributed by atoms with Gasteiger partial charge >= 0.3 is 7.60 Å². The van der Waals surface area contributed by atoms with E-state index in [0.29, 0.717) is 11.2 Å². The lowest BCUT2D eigenvalue weighted by Gasteiger charge is -2.20. The molecule has 11 heteroatoms. The summed E-state index contributed by atoms with van der Waals surface area (Å²) >= 11 is 0. The highest BCUT2D eigenvalue weighted by molar-refractivity contribution is 7.51. The molecular formula is C12H20N5O5P. The number of rotatable bonds is 8. The number of anilines is 1. The second kappa shape index (κ2) is 7.33. The van der Waals surface area contributed by atoms with Crippen LogP contribution in [0.2, 0.25) is 0 Å². The summed E-state index contributed by atoms with van der Waals surface area (Å²) in [6.07, 6.45) is 1.57. The number of aromatic nitrogens is 4. The number of hydrogen-bond donors (Lipinski definition) is 3. The van der Waals surface area contributed by atoms with Crippen molar-refractivity contribution in [3.05, 3.63) is 12.7 Å². The summed E-state index contributed by atoms with van der Waals surface area (Å²) in [5.74, 6) is 0.264. The maximum atomic E-state index is 11.0. The Morgan fingerprint density at radius 1 is 1.30 bits per heavy atom. The molecule has 0 bridgehead atoms. The molecule has 0 amide bonds. The average Bonchev–Trinajstić information content (AvgIpc) is 2.85. The van der Waals surface area contributed by atoms with Crippen LogP contribution in [0.3, 0.4) is 0 Å². The van der Waals surface area contributed by atoms with E-state index in [-0.39, 0.29) is 25.1 Å². The molecule has 0 aliphatic rings. The van der Waals surface area contributed by atoms with E-state index in [2.05, 4.69) is 15.0 Å². The SMILES string of the molecule is CC(C)OC[C@@H](Cn1cnc2c(N)ncnc21)OCP(=O)(O)O. The van der Waals surface area contributed by atoms with Gasteiger partial charge in [-0.05, 0) is 13.8 Å². The first-order valence-electron chi connectivity index (χ1n) is 6.95. The molecule has 10 nitrogen and oxygen atoms in total. The molecule has 4 N–H and O–H groups in total. The zero-order valence-corrected chi connectivity index (χ0v) is 13.8. The van der Waals surface area contributed by atoms with Crippen molar-refractivity contribution in [1.82, 2.24) is 19.5 Å². The van der Waals surface area contributed by atoms with Crippen LogP contribution in [0.5, 0.6) is 0 Å². The zero-order valence-electron chi connectivity index (χ0n) is 12.9. The Morgan fingerprint density at radius 2 is 2.04 bits per heavy atom. The van der Waals surface area contributed by atoms with Crippen LogP contribution in [0, 0.1) is 0 Å². The Hall–Kier alpha value is -1.58. The summed E-state index contributed by atoms with van der Waals surface area (Å²) in [5, 5.41) is 0. The van der Waals surface area contributed by atoms with Gasteiger partial charge in [-0.2, -0.15) is 0 Å². The van der Waals surface area contributed by atoms with Crippen molar-refractivity contribution in [3.8, 4) is 0 Å². The van der Waals surface area contributed by atoms with Gasteiger partial charge in [0.15, 0.2) is 11.5 Å². The first kappa shape index (κ1) is 17.8. The van der Waals surface area contributed by atoms with Crippen LogP contribution in [0.1, 0.15) is 13.8 Å². The highest BCUT2D eigenvalue weighted by Crippen LogP contribution is 2.34. The Bertz CT molecular complexity index is 700. The number of nitrogens with zero attached hydrogens (tertiary/aromatic N) is 4. The van der Waals surface area contributed by atoms with E-state index in [4.69, 9.17) is 25.0 Å². The van der Waals surface area contributed by atoms with Crippen molar-refractivity contribution in [2.24, 2.45) is 0 Å². The summed E-state index contributed by atoms with van der Waals surface area (Å²) < 4.78 is 23.5. The molecule has 0 aliphatic carbocycles. The lowest BCUT2D eigenvalue weighted by atomic mass is 10.3. The lowest BCUT2D eigenvalue weighted by Crippen LogP contribution is -2.27. The number of imidazole rings is 1. The van der Waals surface area contributed by atoms with Crippen molar-refractivity contribution in [1.29, 1.82) is 0 Å². The second-order valence-corrected chi connectivity index (χ2v) is 6.88. The van der Waals surface area contributed by atoms with Crippen molar-refractivity contribution < 1.29 is 23.8 Å². The molecule has 23 heavy (non-hydrogen) atoms. The van der Waals surface area contributed by atoms with Crippen molar-refractivity contribution in [3.63, 3.8) is 0 Å². The zero-order chi connectivity index (χ0) is 17.0. The molecule has 2 aromatic rings. The number of nitrogen functional groups attached to an aromatic ring is 1. The van der Waals surface area contributed by atoms with Crippen molar-refractivity contribution in [2.75, 3.05) is 18.7 Å². The van der Waals surface area contributed by atoms with Gasteiger partial charge in [0.05, 0.1) is 31.7 Å². The fourth-order valence-corrected chi connectivity index (χ4v) is 2.31. The number of hydrogen-bond acceptors (Lipinski definition) is 7. The van der Waals surface area contributed by atoms with Crippen LogP contribution in [0.15, 0.2) is 12.7 Å². The van der Waals surface area contributed by atoms with E-state index in [9.17, 15) is 4.57 Å². The highest BCUT2D eigenvalue weighted by atomic mass is 31.2. The summed E-state index contributed by atoms with van der Waals surface area (Å²) in [6.45, 7) is 4.17. The van der Waals surface area contributed by atoms with E-state index < -0.39 is 20.0 Å². The monoisotopic (exact) mass is 345 g/mol. The third-order valence-corrected chi connectivity index (χ3v) is 3.41. The molecule has 2 heterocycles. The standard InChI is InChI=1S/C12H20N5O5P/c1-8(2)21-4-9(22-7-23(18,19)20)3-17-6-16-10-11(13)14-5-15-12(10)17/h5-6,8-9H,3-4,7H2,1-2H3,(H2,13,14,15)(H2,18,19,20)/t9-/m1/s1. The van der Waals surface area contributed by atoms with Gasteiger partial charge in [-0.3, -0.25) is 4.57 Å². The highest BCUT2D eigenvalue weighted by Gasteiger charge is 2.20. The quantitative estimate of drug-likeness (QED) is 0.577. The number of fused-ring (bicyclic) bond motifs is 1. The molecule has 0 saturated heterocycles. The van der Waals surface area contributed by atoms with E-state index in [0.717, 1.165) is 0 Å². The maximum absolute atomic E-state index is 11.0. The Labute approximate surface area is 132 Å². The minimum absolute atomic E-state index is 0.0336. The van der Waals surface area contributed by atoms with Crippen LogP contribution in [-0.2, 0) is 20.6 Å². The molecular weight excluding hydrogens is 325 g/mol. The van der Waals surface area contributed by atoms with Crippen LogP contribution in [-0.4, -0.2) is 54.5 Å². The second-order valence-electron chi connectivity index (χ2n) is 5.29. The van der Waals surface area contributed by atoms with Gasteiger partial charge in [-0.1, -0.05) is 0 Å². The average molecular weight is 345 g/mol. The van der Waals surface area contributed by atoms with Gasteiger partial charge in [0, 0.05) is 0 Å². The number of nitrogens with two attached hydrogens (primary N) is 1. The lowest BCUT2D eigenvalue weighted by molar-refractivity contribution is -0.0311. The topological polar surface area (TPSA) is 146 Å². The molecule has 2 aromatic heterocycles. The summed E-state index contributed by atoms with van der Waals surface area (Å²) in [4.78, 5) is 30.1. The van der Waals surface area contributed by atoms with Gasteiger partial charge in [0.2, 0.25) is 0 Å². The third-order valence-electron chi connectivity index (χ3n) is 2.92. The van der Waals surface area contributed by atoms with Gasteiger partial charge in [-0.15, -0.1) is 0 Å². The summed E-state index contributed by atoms with van der Waals surface area (Å²) in [6, 6.07) is 0. The molecule has 1 atom stereocenters. The van der Waals surface area contributed by atoms with E-state index in [1.807, 2.05) is 13.8 Å². The predicted molar refractivity (Wildman–Crippen MR) is 82.6 cm³/mol. The molecule has 0 spiro atoms. The van der Waals surface area contributed by atoms with Gasteiger partial charge in [0.25, 0.3) is 0 Å². The van der Waals surface area contributed by atoms with Crippen LogP contribution in [0.25, 0.3) is 11.2 Å². The first-order valence-corrected chi connectivity index (χ1v) is 8.75. The molecule has 128 valence electrons. The van der Waals surface area contributed by atoms with Gasteiger partial charge < -0.3 is 29.6 Å². The van der Waals surface area contributed by atoms with Crippen molar-refractivity contribution >= 4 is 24.6 Å². The normalized spacial score (nSPS) is 13.8. The minimum atomic E-state index is -4.26. The van der Waals surface area contributed by atoms with E-state index in [1.54, 1.807) is 4.57 Å². The Morgan fingerprint density at radius 3 is 2.70 bits per heavy atom.